The van der Waals surface area contributed by atoms with Gasteiger partial charge in [0.25, 0.3) is 0 Å². The fourth-order valence-electron chi connectivity index (χ4n) is 1.72. The molecular weight excluding hydrogens is 179 g/mol. The highest BCUT2D eigenvalue weighted by molar-refractivity contribution is 5.98. The van der Waals surface area contributed by atoms with Crippen molar-refractivity contribution in [2.24, 2.45) is 5.92 Å². The number of carbonyl (C=O) groups excluding carboxylic acids is 1. The first-order valence-corrected chi connectivity index (χ1v) is 4.99. The van der Waals surface area contributed by atoms with Crippen molar-refractivity contribution in [3.8, 4) is 0 Å². The van der Waals surface area contributed by atoms with Gasteiger partial charge in [0.2, 0.25) is 0 Å². The molecule has 74 valence electrons. The van der Waals surface area contributed by atoms with E-state index in [0.717, 1.165) is 24.8 Å². The normalized spacial score (nSPS) is 16.4. The van der Waals surface area contributed by atoms with Gasteiger partial charge in [0.15, 0.2) is 5.78 Å². The molecule has 1 nitrogen and oxygen atoms in total. The van der Waals surface area contributed by atoms with Gasteiger partial charge in [0.1, 0.15) is 5.82 Å². The van der Waals surface area contributed by atoms with Crippen molar-refractivity contribution in [2.75, 3.05) is 0 Å². The first kappa shape index (κ1) is 9.38. The molecule has 0 saturated heterocycles. The highest BCUT2D eigenvalue weighted by Gasteiger charge is 2.27. The fraction of sp³-hybridized carbons (Fsp3) is 0.417. The van der Waals surface area contributed by atoms with Gasteiger partial charge >= 0.3 is 0 Å². The van der Waals surface area contributed by atoms with Crippen LogP contribution in [-0.4, -0.2) is 5.78 Å². The van der Waals surface area contributed by atoms with E-state index in [1.807, 2.05) is 6.92 Å². The zero-order valence-corrected chi connectivity index (χ0v) is 8.22. The van der Waals surface area contributed by atoms with Crippen LogP contribution in [0.5, 0.6) is 0 Å². The van der Waals surface area contributed by atoms with Gasteiger partial charge in [-0.15, -0.1) is 0 Å². The number of hydrogen-bond acceptors (Lipinski definition) is 1. The van der Waals surface area contributed by atoms with E-state index in [9.17, 15) is 9.18 Å². The van der Waals surface area contributed by atoms with Crippen LogP contribution in [0.4, 0.5) is 4.39 Å². The van der Waals surface area contributed by atoms with E-state index in [0.29, 0.717) is 0 Å². The van der Waals surface area contributed by atoms with Crippen LogP contribution in [0.3, 0.4) is 0 Å². The maximum atomic E-state index is 13.3. The van der Waals surface area contributed by atoms with Crippen molar-refractivity contribution < 1.29 is 9.18 Å². The molecule has 0 N–H and O–H groups in total. The zero-order chi connectivity index (χ0) is 10.1. The predicted molar refractivity (Wildman–Crippen MR) is 52.8 cm³/mol. The van der Waals surface area contributed by atoms with Crippen molar-refractivity contribution >= 4 is 5.78 Å². The number of rotatable bonds is 2. The number of halogens is 1. The van der Waals surface area contributed by atoms with Gasteiger partial charge in [0.05, 0.1) is 5.56 Å². The average Bonchev–Trinajstić information content (AvgIpc) is 2.06. The second-order valence-corrected chi connectivity index (χ2v) is 3.98. The van der Waals surface area contributed by atoms with Crippen LogP contribution in [0.25, 0.3) is 0 Å². The lowest BCUT2D eigenvalue weighted by atomic mass is 9.79. The molecule has 0 atom stereocenters. The average molecular weight is 192 g/mol. The molecule has 1 aliphatic carbocycles. The van der Waals surface area contributed by atoms with E-state index in [-0.39, 0.29) is 23.1 Å². The molecule has 0 aliphatic heterocycles. The molecule has 0 spiro atoms. The van der Waals surface area contributed by atoms with Crippen LogP contribution < -0.4 is 0 Å². The van der Waals surface area contributed by atoms with Crippen LogP contribution in [0.1, 0.15) is 35.2 Å². The Morgan fingerprint density at radius 1 is 1.43 bits per heavy atom. The van der Waals surface area contributed by atoms with Gasteiger partial charge in [-0.05, 0) is 31.9 Å². The van der Waals surface area contributed by atoms with Crippen LogP contribution >= 0.6 is 0 Å². The van der Waals surface area contributed by atoms with Gasteiger partial charge in [-0.3, -0.25) is 4.79 Å². The van der Waals surface area contributed by atoms with Gasteiger partial charge in [-0.1, -0.05) is 18.1 Å². The summed E-state index contributed by atoms with van der Waals surface area (Å²) in [7, 11) is 0. The van der Waals surface area contributed by atoms with E-state index in [4.69, 9.17) is 0 Å². The Morgan fingerprint density at radius 3 is 2.71 bits per heavy atom. The van der Waals surface area contributed by atoms with Gasteiger partial charge in [0, 0.05) is 5.92 Å². The molecule has 0 bridgehead atoms. The monoisotopic (exact) mass is 192 g/mol. The highest BCUT2D eigenvalue weighted by Crippen LogP contribution is 2.30. The second kappa shape index (κ2) is 3.52. The zero-order valence-electron chi connectivity index (χ0n) is 8.22. The number of benzene rings is 1. The molecule has 2 heteroatoms. The molecule has 2 rings (SSSR count). The molecule has 1 aromatic rings. The molecule has 0 heterocycles. The summed E-state index contributed by atoms with van der Waals surface area (Å²) in [5, 5.41) is 0. The molecule has 0 amide bonds. The summed E-state index contributed by atoms with van der Waals surface area (Å²) in [6.07, 6.45) is 2.95. The largest absolute Gasteiger partial charge is 0.294 e. The summed E-state index contributed by atoms with van der Waals surface area (Å²) in [6.45, 7) is 1.87. The Balaban J connectivity index is 2.29. The Kier molecular flexibility index (Phi) is 2.36. The summed E-state index contributed by atoms with van der Waals surface area (Å²) in [5.74, 6) is -0.323. The molecule has 0 radical (unpaired) electrons. The first-order chi connectivity index (χ1) is 6.68. The summed E-state index contributed by atoms with van der Waals surface area (Å²) in [6, 6.07) is 4.71. The van der Waals surface area contributed by atoms with Crippen LogP contribution in [0.2, 0.25) is 0 Å². The summed E-state index contributed by atoms with van der Waals surface area (Å²) in [5.41, 5.74) is 1.21. The van der Waals surface area contributed by atoms with Gasteiger partial charge in [-0.2, -0.15) is 0 Å². The molecule has 0 unspecified atom stereocenters. The van der Waals surface area contributed by atoms with E-state index in [1.165, 1.54) is 6.07 Å². The summed E-state index contributed by atoms with van der Waals surface area (Å²) >= 11 is 0. The van der Waals surface area contributed by atoms with Gasteiger partial charge < -0.3 is 0 Å². The first-order valence-electron chi connectivity index (χ1n) is 4.99. The number of carbonyl (C=O) groups is 1. The summed E-state index contributed by atoms with van der Waals surface area (Å²) in [4.78, 5) is 11.8. The van der Waals surface area contributed by atoms with Crippen LogP contribution in [0, 0.1) is 18.7 Å². The van der Waals surface area contributed by atoms with Crippen molar-refractivity contribution in [1.82, 2.24) is 0 Å². The lowest BCUT2D eigenvalue weighted by Crippen LogP contribution is -2.22. The highest BCUT2D eigenvalue weighted by atomic mass is 19.1. The fourth-order valence-corrected chi connectivity index (χ4v) is 1.72. The summed E-state index contributed by atoms with van der Waals surface area (Å²) < 4.78 is 13.3. The van der Waals surface area contributed by atoms with Gasteiger partial charge in [-0.25, -0.2) is 4.39 Å². The Bertz CT molecular complexity index is 367. The standard InChI is InChI=1S/C12H13FO/c1-8-5-6-11(13)10(7-8)12(14)9-3-2-4-9/h5-7,9H,2-4H2,1H3. The third kappa shape index (κ3) is 1.57. The van der Waals surface area contributed by atoms with Crippen LogP contribution in [-0.2, 0) is 0 Å². The lowest BCUT2D eigenvalue weighted by molar-refractivity contribution is 0.0851. The molecular formula is C12H13FO. The quantitative estimate of drug-likeness (QED) is 0.658. The van der Waals surface area contributed by atoms with Crippen LogP contribution in [0.15, 0.2) is 18.2 Å². The SMILES string of the molecule is Cc1ccc(F)c(C(=O)C2CCC2)c1. The Hall–Kier alpha value is -1.18. The maximum absolute atomic E-state index is 13.3. The minimum atomic E-state index is -0.382. The van der Waals surface area contributed by atoms with Crippen molar-refractivity contribution in [2.45, 2.75) is 26.2 Å². The second-order valence-electron chi connectivity index (χ2n) is 3.98. The number of ketones is 1. The number of aryl methyl sites for hydroxylation is 1. The third-order valence-electron chi connectivity index (χ3n) is 2.86. The topological polar surface area (TPSA) is 17.1 Å². The molecule has 0 aromatic heterocycles. The minimum absolute atomic E-state index is 0.0162. The van der Waals surface area contributed by atoms with Crippen molar-refractivity contribution in [1.29, 1.82) is 0 Å². The molecule has 1 saturated carbocycles. The third-order valence-corrected chi connectivity index (χ3v) is 2.86. The molecule has 14 heavy (non-hydrogen) atoms. The maximum Gasteiger partial charge on any atom is 0.168 e. The predicted octanol–water partition coefficient (Wildman–Crippen LogP) is 3.12. The number of Topliss-reactive ketones (excluding diaryl/α,β-unsaturated/α-hetero) is 1. The van der Waals surface area contributed by atoms with E-state index in [1.54, 1.807) is 12.1 Å². The van der Waals surface area contributed by atoms with Crippen molar-refractivity contribution in [3.05, 3.63) is 35.1 Å². The van der Waals surface area contributed by atoms with E-state index < -0.39 is 0 Å². The molecule has 1 aliphatic rings. The number of hydrogen-bond donors (Lipinski definition) is 0. The minimum Gasteiger partial charge on any atom is -0.294 e. The molecule has 1 fully saturated rings. The Labute approximate surface area is 82.9 Å². The Morgan fingerprint density at radius 2 is 2.14 bits per heavy atom. The molecule has 1 aromatic carbocycles. The van der Waals surface area contributed by atoms with E-state index in [2.05, 4.69) is 0 Å². The smallest absolute Gasteiger partial charge is 0.168 e. The van der Waals surface area contributed by atoms with E-state index >= 15 is 0 Å². The lowest BCUT2D eigenvalue weighted by Gasteiger charge is -2.24. The van der Waals surface area contributed by atoms with Crippen molar-refractivity contribution in [3.63, 3.8) is 0 Å².